The number of hydrogen-bond donors (Lipinski definition) is 2. The van der Waals surface area contributed by atoms with Gasteiger partial charge in [-0.15, -0.1) is 0 Å². The van der Waals surface area contributed by atoms with E-state index in [4.69, 9.17) is 5.11 Å². The summed E-state index contributed by atoms with van der Waals surface area (Å²) in [4.78, 5) is 13.0. The molecule has 1 rings (SSSR count). The number of piperazine rings is 1. The molecule has 0 amide bonds. The molecule has 0 radical (unpaired) electrons. The monoisotopic (exact) mass is 214 g/mol. The van der Waals surface area contributed by atoms with Gasteiger partial charge in [-0.3, -0.25) is 9.69 Å². The van der Waals surface area contributed by atoms with Crippen molar-refractivity contribution in [2.45, 2.75) is 45.2 Å². The first kappa shape index (κ1) is 12.5. The summed E-state index contributed by atoms with van der Waals surface area (Å²) >= 11 is 0. The molecule has 0 spiro atoms. The lowest BCUT2D eigenvalue weighted by Crippen LogP contribution is -2.55. The third-order valence-corrected chi connectivity index (χ3v) is 2.93. The van der Waals surface area contributed by atoms with Crippen LogP contribution in [0, 0.1) is 0 Å². The fourth-order valence-corrected chi connectivity index (χ4v) is 2.17. The molecule has 1 heterocycles. The zero-order valence-corrected chi connectivity index (χ0v) is 9.70. The molecule has 4 heteroatoms. The predicted molar refractivity (Wildman–Crippen MR) is 60.0 cm³/mol. The molecule has 1 saturated heterocycles. The maximum Gasteiger partial charge on any atom is 0.303 e. The van der Waals surface area contributed by atoms with Gasteiger partial charge in [-0.1, -0.05) is 6.92 Å². The second-order valence-corrected chi connectivity index (χ2v) is 4.39. The molecule has 15 heavy (non-hydrogen) atoms. The molecular weight excluding hydrogens is 192 g/mol. The van der Waals surface area contributed by atoms with Gasteiger partial charge >= 0.3 is 5.97 Å². The van der Waals surface area contributed by atoms with Crippen molar-refractivity contribution in [1.29, 1.82) is 0 Å². The average Bonchev–Trinajstić information content (AvgIpc) is 2.17. The number of nitrogens with zero attached hydrogens (tertiary/aromatic N) is 1. The zero-order chi connectivity index (χ0) is 11.3. The molecule has 1 aliphatic heterocycles. The number of hydrogen-bond acceptors (Lipinski definition) is 3. The van der Waals surface area contributed by atoms with Crippen LogP contribution in [0.4, 0.5) is 0 Å². The summed E-state index contributed by atoms with van der Waals surface area (Å²) in [5, 5.41) is 12.1. The van der Waals surface area contributed by atoms with E-state index >= 15 is 0 Å². The van der Waals surface area contributed by atoms with Crippen LogP contribution in [-0.2, 0) is 4.79 Å². The van der Waals surface area contributed by atoms with Crippen LogP contribution in [0.5, 0.6) is 0 Å². The fourth-order valence-electron chi connectivity index (χ4n) is 2.17. The highest BCUT2D eigenvalue weighted by Gasteiger charge is 2.25. The second-order valence-electron chi connectivity index (χ2n) is 4.39. The van der Waals surface area contributed by atoms with Crippen molar-refractivity contribution in [3.8, 4) is 0 Å². The summed E-state index contributed by atoms with van der Waals surface area (Å²) in [6.07, 6.45) is 2.17. The van der Waals surface area contributed by atoms with Crippen LogP contribution in [0.3, 0.4) is 0 Å². The number of nitrogens with one attached hydrogen (secondary N) is 1. The largest absolute Gasteiger partial charge is 0.481 e. The average molecular weight is 214 g/mol. The third kappa shape index (κ3) is 4.18. The van der Waals surface area contributed by atoms with Crippen molar-refractivity contribution in [1.82, 2.24) is 10.2 Å². The van der Waals surface area contributed by atoms with Crippen molar-refractivity contribution in [3.05, 3.63) is 0 Å². The summed E-state index contributed by atoms with van der Waals surface area (Å²) < 4.78 is 0. The lowest BCUT2D eigenvalue weighted by atomic mass is 10.0. The molecule has 0 bridgehead atoms. The van der Waals surface area contributed by atoms with Crippen LogP contribution in [0.15, 0.2) is 0 Å². The number of carboxylic acids is 1. The normalized spacial score (nSPS) is 27.9. The fraction of sp³-hybridized carbons (Fsp3) is 0.909. The minimum atomic E-state index is -0.690. The van der Waals surface area contributed by atoms with Crippen molar-refractivity contribution in [3.63, 3.8) is 0 Å². The van der Waals surface area contributed by atoms with Gasteiger partial charge in [0, 0.05) is 31.6 Å². The van der Waals surface area contributed by atoms with Gasteiger partial charge in [0.1, 0.15) is 0 Å². The Balaban J connectivity index is 2.41. The van der Waals surface area contributed by atoms with E-state index in [-0.39, 0.29) is 6.42 Å². The van der Waals surface area contributed by atoms with Gasteiger partial charge < -0.3 is 10.4 Å². The van der Waals surface area contributed by atoms with Crippen molar-refractivity contribution < 1.29 is 9.90 Å². The Morgan fingerprint density at radius 3 is 2.93 bits per heavy atom. The summed E-state index contributed by atoms with van der Waals surface area (Å²) in [6.45, 7) is 7.39. The topological polar surface area (TPSA) is 52.6 Å². The highest BCUT2D eigenvalue weighted by atomic mass is 16.4. The van der Waals surface area contributed by atoms with Gasteiger partial charge in [-0.25, -0.2) is 0 Å². The molecule has 2 atom stereocenters. The van der Waals surface area contributed by atoms with Gasteiger partial charge in [-0.05, 0) is 26.3 Å². The number of carbonyl (C=O) groups is 1. The van der Waals surface area contributed by atoms with Gasteiger partial charge in [0.15, 0.2) is 0 Å². The Kier molecular flexibility index (Phi) is 5.05. The Hall–Kier alpha value is -0.610. The Bertz CT molecular complexity index is 209. The smallest absolute Gasteiger partial charge is 0.303 e. The van der Waals surface area contributed by atoms with E-state index in [1.165, 1.54) is 0 Å². The Morgan fingerprint density at radius 1 is 1.60 bits per heavy atom. The van der Waals surface area contributed by atoms with Crippen LogP contribution in [0.2, 0.25) is 0 Å². The number of carboxylic acid groups (broad SMARTS) is 1. The SMILES string of the molecule is CCCN1CC(C)NCC1CCC(=O)O. The summed E-state index contributed by atoms with van der Waals surface area (Å²) in [6, 6.07) is 0.926. The van der Waals surface area contributed by atoms with E-state index in [2.05, 4.69) is 24.1 Å². The molecule has 88 valence electrons. The highest BCUT2D eigenvalue weighted by molar-refractivity contribution is 5.66. The lowest BCUT2D eigenvalue weighted by Gasteiger charge is -2.39. The first-order valence-electron chi connectivity index (χ1n) is 5.82. The first-order valence-corrected chi connectivity index (χ1v) is 5.82. The summed E-state index contributed by atoms with van der Waals surface area (Å²) in [7, 11) is 0. The van der Waals surface area contributed by atoms with Crippen LogP contribution in [0.25, 0.3) is 0 Å². The quantitative estimate of drug-likeness (QED) is 0.714. The van der Waals surface area contributed by atoms with Gasteiger partial charge in [-0.2, -0.15) is 0 Å². The van der Waals surface area contributed by atoms with Crippen LogP contribution >= 0.6 is 0 Å². The zero-order valence-electron chi connectivity index (χ0n) is 9.70. The lowest BCUT2D eigenvalue weighted by molar-refractivity contribution is -0.137. The van der Waals surface area contributed by atoms with Crippen LogP contribution in [-0.4, -0.2) is 47.7 Å². The summed E-state index contributed by atoms with van der Waals surface area (Å²) in [5.74, 6) is -0.690. The van der Waals surface area contributed by atoms with E-state index in [9.17, 15) is 4.79 Å². The van der Waals surface area contributed by atoms with Gasteiger partial charge in [0.05, 0.1) is 0 Å². The highest BCUT2D eigenvalue weighted by Crippen LogP contribution is 2.12. The molecule has 2 N–H and O–H groups in total. The number of aliphatic carboxylic acids is 1. The van der Waals surface area contributed by atoms with E-state index in [1.54, 1.807) is 0 Å². The molecule has 1 aliphatic rings. The maximum atomic E-state index is 10.5. The van der Waals surface area contributed by atoms with E-state index in [1.807, 2.05) is 0 Å². The predicted octanol–water partition coefficient (Wildman–Crippen LogP) is 0.923. The van der Waals surface area contributed by atoms with Crippen molar-refractivity contribution in [2.75, 3.05) is 19.6 Å². The Morgan fingerprint density at radius 2 is 2.33 bits per heavy atom. The molecule has 0 aromatic heterocycles. The second kappa shape index (κ2) is 6.08. The van der Waals surface area contributed by atoms with Crippen LogP contribution in [0.1, 0.15) is 33.1 Å². The van der Waals surface area contributed by atoms with Gasteiger partial charge in [0.2, 0.25) is 0 Å². The molecule has 0 aromatic rings. The molecule has 4 nitrogen and oxygen atoms in total. The van der Waals surface area contributed by atoms with E-state index in [0.717, 1.165) is 32.5 Å². The first-order chi connectivity index (χ1) is 7.13. The minimum Gasteiger partial charge on any atom is -0.481 e. The molecule has 2 unspecified atom stereocenters. The Labute approximate surface area is 91.6 Å². The molecule has 0 saturated carbocycles. The molecule has 0 aliphatic carbocycles. The third-order valence-electron chi connectivity index (χ3n) is 2.93. The molecule has 0 aromatic carbocycles. The molecular formula is C11H22N2O2. The van der Waals surface area contributed by atoms with Crippen molar-refractivity contribution >= 4 is 5.97 Å². The van der Waals surface area contributed by atoms with E-state index < -0.39 is 5.97 Å². The van der Waals surface area contributed by atoms with Crippen molar-refractivity contribution in [2.24, 2.45) is 0 Å². The maximum absolute atomic E-state index is 10.5. The minimum absolute atomic E-state index is 0.279. The summed E-state index contributed by atoms with van der Waals surface area (Å²) in [5.41, 5.74) is 0. The standard InChI is InChI=1S/C11H22N2O2/c1-3-6-13-8-9(2)12-7-10(13)4-5-11(14)15/h9-10,12H,3-8H2,1-2H3,(H,14,15). The number of rotatable bonds is 5. The van der Waals surface area contributed by atoms with Gasteiger partial charge in [0.25, 0.3) is 0 Å². The molecule has 1 fully saturated rings. The van der Waals surface area contributed by atoms with Crippen LogP contribution < -0.4 is 5.32 Å². The van der Waals surface area contributed by atoms with E-state index in [0.29, 0.717) is 12.1 Å².